The Balaban J connectivity index is 2.01. The predicted molar refractivity (Wildman–Crippen MR) is 106 cm³/mol. The summed E-state index contributed by atoms with van der Waals surface area (Å²) < 4.78 is 33.5. The van der Waals surface area contributed by atoms with E-state index in [0.717, 1.165) is 6.07 Å². The number of nitrogens with zero attached hydrogens (tertiary/aromatic N) is 2. The Morgan fingerprint density at radius 2 is 1.80 bits per heavy atom. The van der Waals surface area contributed by atoms with E-state index in [4.69, 9.17) is 4.74 Å². The molecule has 8 heteroatoms. The van der Waals surface area contributed by atoms with Crippen molar-refractivity contribution in [1.82, 2.24) is 15.1 Å². The summed E-state index contributed by atoms with van der Waals surface area (Å²) in [6, 6.07) is 9.75. The van der Waals surface area contributed by atoms with Crippen LogP contribution in [-0.2, 0) is 9.53 Å². The van der Waals surface area contributed by atoms with Crippen LogP contribution in [0, 0.1) is 25.5 Å². The summed E-state index contributed by atoms with van der Waals surface area (Å²) in [5.74, 6) is -2.23. The normalized spacial score (nSPS) is 11.8. The van der Waals surface area contributed by atoms with Gasteiger partial charge in [-0.05, 0) is 63.2 Å². The quantitative estimate of drug-likeness (QED) is 0.624. The number of halogens is 2. The highest BCUT2D eigenvalue weighted by atomic mass is 19.1. The summed E-state index contributed by atoms with van der Waals surface area (Å²) in [5.41, 5.74) is 2.21. The van der Waals surface area contributed by atoms with E-state index < -0.39 is 23.7 Å². The molecule has 0 bridgehead atoms. The first-order valence-electron chi connectivity index (χ1n) is 9.37. The van der Waals surface area contributed by atoms with Gasteiger partial charge in [0.25, 0.3) is 5.91 Å². The summed E-state index contributed by atoms with van der Waals surface area (Å²) in [4.78, 5) is 25.3. The molecule has 3 rings (SSSR count). The first-order valence-corrected chi connectivity index (χ1v) is 9.37. The number of nitrogens with one attached hydrogen (secondary N) is 1. The fraction of sp³-hybridized carbons (Fsp3) is 0.227. The van der Waals surface area contributed by atoms with E-state index in [2.05, 4.69) is 10.4 Å². The highest BCUT2D eigenvalue weighted by Gasteiger charge is 2.30. The Labute approximate surface area is 172 Å². The third-order valence-corrected chi connectivity index (χ3v) is 4.59. The number of amides is 1. The Morgan fingerprint density at radius 1 is 1.10 bits per heavy atom. The van der Waals surface area contributed by atoms with Crippen molar-refractivity contribution in [2.75, 3.05) is 6.61 Å². The van der Waals surface area contributed by atoms with Crippen LogP contribution in [0.3, 0.4) is 0 Å². The van der Waals surface area contributed by atoms with Crippen molar-refractivity contribution in [2.24, 2.45) is 0 Å². The molecule has 0 radical (unpaired) electrons. The number of hydrogen-bond donors (Lipinski definition) is 1. The number of ether oxygens (including phenoxy) is 1. The van der Waals surface area contributed by atoms with E-state index in [1.54, 1.807) is 37.6 Å². The molecule has 0 aliphatic heterocycles. The van der Waals surface area contributed by atoms with Crippen LogP contribution in [0.4, 0.5) is 8.78 Å². The Morgan fingerprint density at radius 3 is 2.43 bits per heavy atom. The summed E-state index contributed by atoms with van der Waals surface area (Å²) in [6.45, 7) is 5.21. The molecule has 0 aliphatic carbocycles. The third-order valence-electron chi connectivity index (χ3n) is 4.59. The summed E-state index contributed by atoms with van der Waals surface area (Å²) >= 11 is 0. The molecule has 1 N–H and O–H groups in total. The van der Waals surface area contributed by atoms with E-state index >= 15 is 0 Å². The van der Waals surface area contributed by atoms with Crippen LogP contribution in [-0.4, -0.2) is 28.3 Å². The van der Waals surface area contributed by atoms with Gasteiger partial charge < -0.3 is 10.1 Å². The van der Waals surface area contributed by atoms with Gasteiger partial charge in [0.2, 0.25) is 0 Å². The maximum Gasteiger partial charge on any atom is 0.333 e. The van der Waals surface area contributed by atoms with E-state index in [1.807, 2.05) is 0 Å². The molecule has 30 heavy (non-hydrogen) atoms. The molecule has 1 aromatic heterocycles. The van der Waals surface area contributed by atoms with Gasteiger partial charge in [-0.3, -0.25) is 4.79 Å². The molecule has 0 fully saturated rings. The summed E-state index contributed by atoms with van der Waals surface area (Å²) in [5, 5.41) is 7.07. The standard InChI is InChI=1S/C22H21F2N3O3/c1-4-30-22(29)20(25-21(28)15-6-5-7-17(24)12-15)19-13(2)26-27(14(19)3)18-10-8-16(23)9-11-18/h5-12,20H,4H2,1-3H3,(H,25,28)/t20-/m1/s1. The molecule has 0 saturated heterocycles. The molecule has 1 heterocycles. The topological polar surface area (TPSA) is 73.2 Å². The molecule has 1 amide bonds. The molecule has 1 atom stereocenters. The third kappa shape index (κ3) is 4.37. The second kappa shape index (κ2) is 8.86. The van der Waals surface area contributed by atoms with Gasteiger partial charge in [-0.2, -0.15) is 5.10 Å². The van der Waals surface area contributed by atoms with Crippen molar-refractivity contribution in [3.63, 3.8) is 0 Å². The fourth-order valence-electron chi connectivity index (χ4n) is 3.22. The van der Waals surface area contributed by atoms with Crippen molar-refractivity contribution in [2.45, 2.75) is 26.8 Å². The summed E-state index contributed by atoms with van der Waals surface area (Å²) in [6.07, 6.45) is 0. The largest absolute Gasteiger partial charge is 0.464 e. The number of rotatable bonds is 6. The van der Waals surface area contributed by atoms with Crippen LogP contribution in [0.15, 0.2) is 48.5 Å². The second-order valence-electron chi connectivity index (χ2n) is 6.64. The fourth-order valence-corrected chi connectivity index (χ4v) is 3.22. The minimum Gasteiger partial charge on any atom is -0.464 e. The number of aromatic nitrogens is 2. The lowest BCUT2D eigenvalue weighted by molar-refractivity contribution is -0.145. The molecule has 6 nitrogen and oxygen atoms in total. The van der Waals surface area contributed by atoms with Crippen molar-refractivity contribution < 1.29 is 23.1 Å². The van der Waals surface area contributed by atoms with Gasteiger partial charge in [0, 0.05) is 16.8 Å². The van der Waals surface area contributed by atoms with E-state index in [0.29, 0.717) is 22.6 Å². The van der Waals surface area contributed by atoms with Gasteiger partial charge >= 0.3 is 5.97 Å². The van der Waals surface area contributed by atoms with E-state index in [-0.39, 0.29) is 18.0 Å². The van der Waals surface area contributed by atoms with E-state index in [9.17, 15) is 18.4 Å². The number of carbonyl (C=O) groups is 2. The van der Waals surface area contributed by atoms with Gasteiger partial charge in [0.05, 0.1) is 18.0 Å². The van der Waals surface area contributed by atoms with Gasteiger partial charge in [0.1, 0.15) is 11.6 Å². The van der Waals surface area contributed by atoms with Crippen LogP contribution in [0.25, 0.3) is 5.69 Å². The Bertz CT molecular complexity index is 1080. The van der Waals surface area contributed by atoms with Crippen LogP contribution in [0.5, 0.6) is 0 Å². The van der Waals surface area contributed by atoms with Gasteiger partial charge in [-0.1, -0.05) is 6.07 Å². The number of esters is 1. The maximum absolute atomic E-state index is 13.5. The molecule has 2 aromatic carbocycles. The predicted octanol–water partition coefficient (Wildman–Crippen LogP) is 3.80. The minimum atomic E-state index is -1.14. The zero-order valence-electron chi connectivity index (χ0n) is 16.8. The van der Waals surface area contributed by atoms with Crippen LogP contribution < -0.4 is 5.32 Å². The molecule has 0 spiro atoms. The van der Waals surface area contributed by atoms with Crippen molar-refractivity contribution in [3.05, 3.63) is 82.7 Å². The van der Waals surface area contributed by atoms with E-state index in [1.165, 1.54) is 30.3 Å². The molecule has 3 aromatic rings. The zero-order valence-corrected chi connectivity index (χ0v) is 16.8. The molecule has 0 aliphatic rings. The highest BCUT2D eigenvalue weighted by Crippen LogP contribution is 2.26. The average Bonchev–Trinajstić information content (AvgIpc) is 3.01. The lowest BCUT2D eigenvalue weighted by atomic mass is 10.0. The molecule has 156 valence electrons. The van der Waals surface area contributed by atoms with Crippen molar-refractivity contribution in [1.29, 1.82) is 0 Å². The monoisotopic (exact) mass is 413 g/mol. The summed E-state index contributed by atoms with van der Waals surface area (Å²) in [7, 11) is 0. The van der Waals surface area contributed by atoms with Crippen LogP contribution in [0.2, 0.25) is 0 Å². The average molecular weight is 413 g/mol. The molecule has 0 saturated carbocycles. The second-order valence-corrected chi connectivity index (χ2v) is 6.64. The molecular formula is C22H21F2N3O3. The zero-order chi connectivity index (χ0) is 21.8. The van der Waals surface area contributed by atoms with Crippen LogP contribution >= 0.6 is 0 Å². The Hall–Kier alpha value is -3.55. The number of aryl methyl sites for hydroxylation is 1. The van der Waals surface area contributed by atoms with Gasteiger partial charge in [-0.15, -0.1) is 0 Å². The lowest BCUT2D eigenvalue weighted by Gasteiger charge is -2.18. The maximum atomic E-state index is 13.5. The SMILES string of the molecule is CCOC(=O)[C@H](NC(=O)c1cccc(F)c1)c1c(C)nn(-c2ccc(F)cc2)c1C. The van der Waals surface area contributed by atoms with Crippen molar-refractivity contribution in [3.8, 4) is 5.69 Å². The first kappa shape index (κ1) is 21.2. The smallest absolute Gasteiger partial charge is 0.333 e. The number of benzene rings is 2. The minimum absolute atomic E-state index is 0.0746. The number of carbonyl (C=O) groups excluding carboxylic acids is 2. The van der Waals surface area contributed by atoms with Gasteiger partial charge in [-0.25, -0.2) is 18.3 Å². The Kier molecular flexibility index (Phi) is 6.25. The van der Waals surface area contributed by atoms with Crippen molar-refractivity contribution >= 4 is 11.9 Å². The lowest BCUT2D eigenvalue weighted by Crippen LogP contribution is -2.35. The van der Waals surface area contributed by atoms with Crippen LogP contribution in [0.1, 0.15) is 40.3 Å². The number of hydrogen-bond acceptors (Lipinski definition) is 4. The molecule has 0 unspecified atom stereocenters. The highest BCUT2D eigenvalue weighted by molar-refractivity contribution is 5.97. The first-order chi connectivity index (χ1) is 14.3. The van der Waals surface area contributed by atoms with Gasteiger partial charge in [0.15, 0.2) is 6.04 Å². The molecular weight excluding hydrogens is 392 g/mol.